The molecule has 0 radical (unpaired) electrons. The summed E-state index contributed by atoms with van der Waals surface area (Å²) < 4.78 is 55.5. The van der Waals surface area contributed by atoms with Crippen molar-refractivity contribution in [2.24, 2.45) is 0 Å². The molecule has 0 saturated heterocycles. The summed E-state index contributed by atoms with van der Waals surface area (Å²) >= 11 is 6.02. The second-order valence-corrected chi connectivity index (χ2v) is 10.2. The van der Waals surface area contributed by atoms with Crippen molar-refractivity contribution in [1.29, 1.82) is 0 Å². The summed E-state index contributed by atoms with van der Waals surface area (Å²) in [5.74, 6) is 0.676. The van der Waals surface area contributed by atoms with Crippen molar-refractivity contribution < 1.29 is 21.6 Å². The van der Waals surface area contributed by atoms with Gasteiger partial charge < -0.3 is 4.74 Å². The number of halogens is 1. The third-order valence-corrected chi connectivity index (χ3v) is 7.36. The Morgan fingerprint density at radius 2 is 1.73 bits per heavy atom. The van der Waals surface area contributed by atoms with E-state index < -0.39 is 19.9 Å². The predicted octanol–water partition coefficient (Wildman–Crippen LogP) is 2.62. The molecule has 0 bridgehead atoms. The first kappa shape index (κ1) is 20.7. The van der Waals surface area contributed by atoms with Crippen molar-refractivity contribution in [3.8, 4) is 5.75 Å². The Balaban J connectivity index is 2.29. The molecule has 0 N–H and O–H groups in total. The van der Waals surface area contributed by atoms with Crippen LogP contribution in [0.5, 0.6) is 5.75 Å². The minimum atomic E-state index is -3.95. The molecule has 0 fully saturated rings. The van der Waals surface area contributed by atoms with Crippen LogP contribution in [0.1, 0.15) is 5.56 Å². The Labute approximate surface area is 159 Å². The molecular formula is C17H20ClNO5S2. The first-order valence-corrected chi connectivity index (χ1v) is 11.4. The Morgan fingerprint density at radius 3 is 2.35 bits per heavy atom. The Morgan fingerprint density at radius 1 is 1.08 bits per heavy atom. The van der Waals surface area contributed by atoms with Gasteiger partial charge in [0.25, 0.3) is 0 Å². The lowest BCUT2D eigenvalue weighted by molar-refractivity contribution is 0.406. The molecule has 0 unspecified atom stereocenters. The van der Waals surface area contributed by atoms with E-state index in [0.717, 1.165) is 22.2 Å². The number of hydrogen-bond acceptors (Lipinski definition) is 5. The van der Waals surface area contributed by atoms with Crippen LogP contribution in [0.2, 0.25) is 5.02 Å². The number of benzene rings is 2. The van der Waals surface area contributed by atoms with Gasteiger partial charge in [0, 0.05) is 19.8 Å². The van der Waals surface area contributed by atoms with E-state index in [1.54, 1.807) is 13.2 Å². The topological polar surface area (TPSA) is 80.8 Å². The van der Waals surface area contributed by atoms with Gasteiger partial charge in [0.05, 0.1) is 17.0 Å². The first-order valence-electron chi connectivity index (χ1n) is 7.65. The lowest BCUT2D eigenvalue weighted by atomic mass is 10.1. The Kier molecular flexibility index (Phi) is 6.33. The standard InChI is InChI=1S/C17H20ClNO5S2/c1-19(11-10-13-6-4-5-7-16(13)24-2)26(22,23)17-12-14(25(3,20)21)8-9-15(17)18/h4-9,12H,10-11H2,1-3H3. The van der Waals surface area contributed by atoms with Gasteiger partial charge >= 0.3 is 0 Å². The van der Waals surface area contributed by atoms with E-state index in [2.05, 4.69) is 0 Å². The zero-order chi connectivity index (χ0) is 19.5. The highest BCUT2D eigenvalue weighted by Crippen LogP contribution is 2.27. The molecule has 2 aromatic rings. The molecule has 0 saturated carbocycles. The third-order valence-electron chi connectivity index (χ3n) is 3.91. The van der Waals surface area contributed by atoms with E-state index in [4.69, 9.17) is 16.3 Å². The number of methoxy groups -OCH3 is 1. The van der Waals surface area contributed by atoms with E-state index in [1.807, 2.05) is 18.2 Å². The molecule has 0 spiro atoms. The van der Waals surface area contributed by atoms with E-state index >= 15 is 0 Å². The maximum atomic E-state index is 12.8. The minimum Gasteiger partial charge on any atom is -0.496 e. The number of hydrogen-bond donors (Lipinski definition) is 0. The molecule has 2 aromatic carbocycles. The molecule has 0 heterocycles. The van der Waals surface area contributed by atoms with Gasteiger partial charge in [-0.15, -0.1) is 0 Å². The van der Waals surface area contributed by atoms with Crippen LogP contribution >= 0.6 is 11.6 Å². The van der Waals surface area contributed by atoms with Gasteiger partial charge in [-0.05, 0) is 36.2 Å². The zero-order valence-corrected chi connectivity index (χ0v) is 17.0. The van der Waals surface area contributed by atoms with Crippen LogP contribution in [0.25, 0.3) is 0 Å². The van der Waals surface area contributed by atoms with Crippen LogP contribution < -0.4 is 4.74 Å². The number of para-hydroxylation sites is 1. The fourth-order valence-electron chi connectivity index (χ4n) is 2.39. The Hall–Kier alpha value is -1.61. The summed E-state index contributed by atoms with van der Waals surface area (Å²) in [6.45, 7) is 0.183. The molecule has 0 aliphatic carbocycles. The van der Waals surface area contributed by atoms with Gasteiger partial charge in [-0.2, -0.15) is 0 Å². The number of ether oxygens (including phenoxy) is 1. The Bertz CT molecular complexity index is 1000. The van der Waals surface area contributed by atoms with Crippen LogP contribution in [0.4, 0.5) is 0 Å². The summed E-state index contributed by atoms with van der Waals surface area (Å²) in [6.07, 6.45) is 1.45. The molecule has 9 heteroatoms. The van der Waals surface area contributed by atoms with E-state index in [1.165, 1.54) is 19.2 Å². The van der Waals surface area contributed by atoms with Gasteiger partial charge in [0.15, 0.2) is 9.84 Å². The molecule has 6 nitrogen and oxygen atoms in total. The van der Waals surface area contributed by atoms with Gasteiger partial charge in [0.2, 0.25) is 10.0 Å². The lowest BCUT2D eigenvalue weighted by Gasteiger charge is -2.19. The summed E-state index contributed by atoms with van der Waals surface area (Å²) in [7, 11) is -4.52. The molecule has 0 aliphatic rings. The van der Waals surface area contributed by atoms with Gasteiger partial charge in [-0.3, -0.25) is 0 Å². The largest absolute Gasteiger partial charge is 0.496 e. The molecule has 142 valence electrons. The highest BCUT2D eigenvalue weighted by Gasteiger charge is 2.25. The molecule has 0 amide bonds. The second-order valence-electron chi connectivity index (χ2n) is 5.75. The van der Waals surface area contributed by atoms with E-state index in [-0.39, 0.29) is 21.4 Å². The summed E-state index contributed by atoms with van der Waals surface area (Å²) in [4.78, 5) is -0.330. The summed E-state index contributed by atoms with van der Waals surface area (Å²) in [6, 6.07) is 11.0. The number of likely N-dealkylation sites (N-methyl/N-ethyl adjacent to an activating group) is 1. The first-order chi connectivity index (χ1) is 12.1. The lowest BCUT2D eigenvalue weighted by Crippen LogP contribution is -2.29. The average Bonchev–Trinajstić information content (AvgIpc) is 2.58. The molecule has 2 rings (SSSR count). The van der Waals surface area contributed by atoms with Crippen molar-refractivity contribution in [3.63, 3.8) is 0 Å². The van der Waals surface area contributed by atoms with Gasteiger partial charge in [-0.25, -0.2) is 21.1 Å². The van der Waals surface area contributed by atoms with Crippen LogP contribution in [-0.2, 0) is 26.3 Å². The van der Waals surface area contributed by atoms with Crippen molar-refractivity contribution >= 4 is 31.5 Å². The van der Waals surface area contributed by atoms with E-state index in [9.17, 15) is 16.8 Å². The monoisotopic (exact) mass is 417 g/mol. The summed E-state index contributed by atoms with van der Waals surface area (Å²) in [5.41, 5.74) is 0.869. The van der Waals surface area contributed by atoms with Crippen molar-refractivity contribution in [1.82, 2.24) is 4.31 Å². The van der Waals surface area contributed by atoms with Gasteiger partial charge in [-0.1, -0.05) is 29.8 Å². The third kappa shape index (κ3) is 4.56. The fraction of sp³-hybridized carbons (Fsp3) is 0.294. The number of sulfonamides is 1. The number of sulfone groups is 1. The predicted molar refractivity (Wildman–Crippen MR) is 101 cm³/mol. The average molecular weight is 418 g/mol. The number of rotatable bonds is 7. The van der Waals surface area contributed by atoms with E-state index in [0.29, 0.717) is 12.2 Å². The van der Waals surface area contributed by atoms with Crippen molar-refractivity contribution in [3.05, 3.63) is 53.1 Å². The smallest absolute Gasteiger partial charge is 0.244 e. The number of nitrogens with zero attached hydrogens (tertiary/aromatic N) is 1. The minimum absolute atomic E-state index is 0.0264. The molecular weight excluding hydrogens is 398 g/mol. The van der Waals surface area contributed by atoms with Crippen LogP contribution in [0.15, 0.2) is 52.3 Å². The fourth-order valence-corrected chi connectivity index (χ4v) is 4.78. The highest BCUT2D eigenvalue weighted by atomic mass is 35.5. The van der Waals surface area contributed by atoms with Crippen molar-refractivity contribution in [2.45, 2.75) is 16.2 Å². The van der Waals surface area contributed by atoms with Crippen molar-refractivity contribution in [2.75, 3.05) is 27.0 Å². The maximum Gasteiger partial charge on any atom is 0.244 e. The highest BCUT2D eigenvalue weighted by molar-refractivity contribution is 7.91. The SMILES string of the molecule is COc1ccccc1CCN(C)S(=O)(=O)c1cc(S(C)(=O)=O)ccc1Cl. The quantitative estimate of drug-likeness (QED) is 0.691. The van der Waals surface area contributed by atoms with Crippen LogP contribution in [-0.4, -0.2) is 48.1 Å². The molecule has 0 aliphatic heterocycles. The molecule has 0 atom stereocenters. The molecule has 26 heavy (non-hydrogen) atoms. The molecule has 0 aromatic heterocycles. The maximum absolute atomic E-state index is 12.8. The normalized spacial score (nSPS) is 12.3. The van der Waals surface area contributed by atoms with Crippen LogP contribution in [0.3, 0.4) is 0 Å². The second kappa shape index (κ2) is 7.96. The zero-order valence-electron chi connectivity index (χ0n) is 14.6. The van der Waals surface area contributed by atoms with Gasteiger partial charge in [0.1, 0.15) is 10.6 Å². The summed E-state index contributed by atoms with van der Waals surface area (Å²) in [5, 5.41) is -0.0264. The van der Waals surface area contributed by atoms with Crippen LogP contribution in [0, 0.1) is 0 Å².